The third-order valence-electron chi connectivity index (χ3n) is 4.24. The molecule has 1 amide bonds. The fraction of sp³-hybridized carbons (Fsp3) is 0.562. The lowest BCUT2D eigenvalue weighted by molar-refractivity contribution is -0.139. The number of aryl methyl sites for hydroxylation is 1. The first-order chi connectivity index (χ1) is 10.5. The number of nitrogens with zero attached hydrogens (tertiary/aromatic N) is 2. The van der Waals surface area contributed by atoms with E-state index >= 15 is 0 Å². The molecule has 1 aliphatic carbocycles. The number of rotatable bonds is 7. The number of aliphatic carboxylic acids is 1. The van der Waals surface area contributed by atoms with Crippen LogP contribution < -0.4 is 5.32 Å². The van der Waals surface area contributed by atoms with Crippen LogP contribution in [0.15, 0.2) is 18.5 Å². The highest BCUT2D eigenvalue weighted by Gasteiger charge is 2.34. The van der Waals surface area contributed by atoms with Crippen molar-refractivity contribution in [3.63, 3.8) is 0 Å². The Balaban J connectivity index is 1.87. The van der Waals surface area contributed by atoms with Crippen LogP contribution in [-0.2, 0) is 11.2 Å². The van der Waals surface area contributed by atoms with Crippen LogP contribution >= 0.6 is 0 Å². The second-order valence-electron chi connectivity index (χ2n) is 5.64. The van der Waals surface area contributed by atoms with Gasteiger partial charge in [0.25, 0.3) is 5.91 Å². The summed E-state index contributed by atoms with van der Waals surface area (Å²) in [5.74, 6) is -0.873. The van der Waals surface area contributed by atoms with Gasteiger partial charge in [-0.05, 0) is 37.4 Å². The lowest BCUT2D eigenvalue weighted by atomic mass is 9.85. The zero-order chi connectivity index (χ0) is 16.1. The summed E-state index contributed by atoms with van der Waals surface area (Å²) in [4.78, 5) is 29.1. The molecule has 0 unspecified atom stereocenters. The maximum absolute atomic E-state index is 12.3. The summed E-state index contributed by atoms with van der Waals surface area (Å²) >= 11 is 0. The molecule has 0 spiro atoms. The van der Waals surface area contributed by atoms with E-state index in [1.165, 1.54) is 0 Å². The first kappa shape index (κ1) is 16.4. The van der Waals surface area contributed by atoms with E-state index in [0.29, 0.717) is 12.1 Å². The van der Waals surface area contributed by atoms with Crippen molar-refractivity contribution in [2.24, 2.45) is 0 Å². The summed E-state index contributed by atoms with van der Waals surface area (Å²) < 4.78 is 0. The van der Waals surface area contributed by atoms with E-state index in [1.54, 1.807) is 18.5 Å². The molecule has 2 rings (SSSR count). The summed E-state index contributed by atoms with van der Waals surface area (Å²) in [6.45, 7) is 4.73. The van der Waals surface area contributed by atoms with Crippen molar-refractivity contribution in [3.8, 4) is 0 Å². The monoisotopic (exact) mass is 305 g/mol. The Kier molecular flexibility index (Phi) is 5.49. The zero-order valence-corrected chi connectivity index (χ0v) is 13.1. The van der Waals surface area contributed by atoms with Crippen molar-refractivity contribution >= 4 is 11.9 Å². The van der Waals surface area contributed by atoms with Gasteiger partial charge in [0.05, 0.1) is 6.54 Å². The number of carbonyl (C=O) groups is 2. The van der Waals surface area contributed by atoms with E-state index in [9.17, 15) is 9.59 Å². The molecule has 0 aromatic carbocycles. The molecule has 0 atom stereocenters. The predicted octanol–water partition coefficient (Wildman–Crippen LogP) is 1.31. The van der Waals surface area contributed by atoms with E-state index in [-0.39, 0.29) is 24.5 Å². The molecule has 0 bridgehead atoms. The number of hydrogen-bond donors (Lipinski definition) is 2. The summed E-state index contributed by atoms with van der Waals surface area (Å²) in [5.41, 5.74) is 1.62. The minimum atomic E-state index is -0.807. The van der Waals surface area contributed by atoms with Gasteiger partial charge in [-0.15, -0.1) is 0 Å². The second-order valence-corrected chi connectivity index (χ2v) is 5.64. The number of nitrogens with one attached hydrogen (secondary N) is 1. The summed E-state index contributed by atoms with van der Waals surface area (Å²) in [6, 6.07) is 2.11. The molecule has 0 radical (unpaired) electrons. The lowest BCUT2D eigenvalue weighted by Gasteiger charge is -2.42. The Morgan fingerprint density at radius 1 is 1.41 bits per heavy atom. The highest BCUT2D eigenvalue weighted by molar-refractivity contribution is 5.95. The van der Waals surface area contributed by atoms with E-state index in [2.05, 4.69) is 10.3 Å². The Bertz CT molecular complexity index is 541. The molecule has 1 aromatic heterocycles. The fourth-order valence-corrected chi connectivity index (χ4v) is 2.87. The largest absolute Gasteiger partial charge is 0.480 e. The van der Waals surface area contributed by atoms with Crippen molar-refractivity contribution in [1.29, 1.82) is 0 Å². The van der Waals surface area contributed by atoms with Gasteiger partial charge in [0.1, 0.15) is 0 Å². The number of likely N-dealkylation sites (N-methyl/N-ethyl adjacent to an activating group) is 1. The average Bonchev–Trinajstić information content (AvgIpc) is 2.48. The number of carbonyl (C=O) groups excluding carboxylic acids is 1. The Labute approximate surface area is 130 Å². The lowest BCUT2D eigenvalue weighted by Crippen LogP contribution is -2.54. The number of carboxylic acids is 1. The van der Waals surface area contributed by atoms with Gasteiger partial charge in [0.2, 0.25) is 0 Å². The fourth-order valence-electron chi connectivity index (χ4n) is 2.87. The molecule has 1 aliphatic rings. The second kappa shape index (κ2) is 7.35. The quantitative estimate of drug-likeness (QED) is 0.793. The third-order valence-corrected chi connectivity index (χ3v) is 4.24. The van der Waals surface area contributed by atoms with Crippen LogP contribution in [0.4, 0.5) is 0 Å². The van der Waals surface area contributed by atoms with Crippen LogP contribution in [-0.4, -0.2) is 52.0 Å². The minimum absolute atomic E-state index is 0.0617. The number of aromatic nitrogens is 1. The molecule has 2 N–H and O–H groups in total. The highest BCUT2D eigenvalue weighted by Crippen LogP contribution is 2.26. The van der Waals surface area contributed by atoms with Gasteiger partial charge in [-0.1, -0.05) is 13.8 Å². The van der Waals surface area contributed by atoms with Gasteiger partial charge >= 0.3 is 5.97 Å². The maximum atomic E-state index is 12.3. The van der Waals surface area contributed by atoms with E-state index in [0.717, 1.165) is 24.8 Å². The van der Waals surface area contributed by atoms with Crippen LogP contribution in [0.25, 0.3) is 0 Å². The van der Waals surface area contributed by atoms with Crippen molar-refractivity contribution in [3.05, 3.63) is 29.6 Å². The smallest absolute Gasteiger partial charge is 0.317 e. The molecule has 120 valence electrons. The molecule has 0 aliphatic heterocycles. The van der Waals surface area contributed by atoms with Crippen molar-refractivity contribution in [1.82, 2.24) is 15.2 Å². The maximum Gasteiger partial charge on any atom is 0.317 e. The Morgan fingerprint density at radius 3 is 2.73 bits per heavy atom. The van der Waals surface area contributed by atoms with Crippen LogP contribution in [0, 0.1) is 0 Å². The van der Waals surface area contributed by atoms with Crippen molar-refractivity contribution in [2.75, 3.05) is 13.1 Å². The molecule has 6 heteroatoms. The van der Waals surface area contributed by atoms with E-state index < -0.39 is 5.97 Å². The number of carboxylic acid groups (broad SMARTS) is 1. The Morgan fingerprint density at radius 2 is 2.14 bits per heavy atom. The topological polar surface area (TPSA) is 82.5 Å². The molecule has 1 saturated carbocycles. The van der Waals surface area contributed by atoms with Crippen LogP contribution in [0.2, 0.25) is 0 Å². The number of pyridine rings is 1. The van der Waals surface area contributed by atoms with Crippen molar-refractivity contribution < 1.29 is 14.7 Å². The molecule has 6 nitrogen and oxygen atoms in total. The summed E-state index contributed by atoms with van der Waals surface area (Å²) in [6.07, 6.45) is 5.73. The minimum Gasteiger partial charge on any atom is -0.480 e. The van der Waals surface area contributed by atoms with Gasteiger partial charge in [-0.3, -0.25) is 19.5 Å². The molecule has 1 heterocycles. The normalized spacial score (nSPS) is 20.5. The van der Waals surface area contributed by atoms with Gasteiger partial charge in [-0.25, -0.2) is 0 Å². The highest BCUT2D eigenvalue weighted by atomic mass is 16.4. The van der Waals surface area contributed by atoms with Crippen LogP contribution in [0.5, 0.6) is 0 Å². The molecule has 1 aromatic rings. The standard InChI is InChI=1S/C16H23N3O3/c1-3-11-9-17-6-5-14(11)16(22)18-12-7-13(8-12)19(4-2)10-15(20)21/h5-6,9,12-13H,3-4,7-8,10H2,1-2H3,(H,18,22)(H,20,21). The molecule has 22 heavy (non-hydrogen) atoms. The molecular weight excluding hydrogens is 282 g/mol. The average molecular weight is 305 g/mol. The molecular formula is C16H23N3O3. The molecule has 0 saturated heterocycles. The van der Waals surface area contributed by atoms with Gasteiger partial charge in [-0.2, -0.15) is 0 Å². The van der Waals surface area contributed by atoms with Gasteiger partial charge in [0.15, 0.2) is 0 Å². The van der Waals surface area contributed by atoms with E-state index in [4.69, 9.17) is 5.11 Å². The van der Waals surface area contributed by atoms with Crippen molar-refractivity contribution in [2.45, 2.75) is 45.2 Å². The third kappa shape index (κ3) is 3.82. The predicted molar refractivity (Wildman–Crippen MR) is 82.8 cm³/mol. The number of hydrogen-bond acceptors (Lipinski definition) is 4. The first-order valence-electron chi connectivity index (χ1n) is 7.74. The van der Waals surface area contributed by atoms with Crippen LogP contribution in [0.3, 0.4) is 0 Å². The van der Waals surface area contributed by atoms with Gasteiger partial charge < -0.3 is 10.4 Å². The number of amides is 1. The SMILES string of the molecule is CCc1cnccc1C(=O)NC1CC(N(CC)CC(=O)O)C1. The van der Waals surface area contributed by atoms with Crippen LogP contribution in [0.1, 0.15) is 42.6 Å². The zero-order valence-electron chi connectivity index (χ0n) is 13.1. The van der Waals surface area contributed by atoms with E-state index in [1.807, 2.05) is 18.7 Å². The summed E-state index contributed by atoms with van der Waals surface area (Å²) in [5, 5.41) is 11.9. The van der Waals surface area contributed by atoms with Gasteiger partial charge in [0, 0.05) is 30.0 Å². The molecule has 1 fully saturated rings. The summed E-state index contributed by atoms with van der Waals surface area (Å²) in [7, 11) is 0. The Hall–Kier alpha value is -1.95. The first-order valence-corrected chi connectivity index (χ1v) is 7.74.